The number of Topliss-reactive ketones (excluding diaryl/α,β-unsaturated/α-hetero) is 2. The van der Waals surface area contributed by atoms with Crippen LogP contribution in [0.15, 0.2) is 35.6 Å². The fourth-order valence-electron chi connectivity index (χ4n) is 4.03. The Hall–Kier alpha value is -3.25. The molecule has 0 bridgehead atoms. The smallest absolute Gasteiger partial charge is 0.288 e. The summed E-state index contributed by atoms with van der Waals surface area (Å²) >= 11 is 0. The van der Waals surface area contributed by atoms with Crippen LogP contribution in [0.25, 0.3) is 0 Å². The molecule has 0 spiro atoms. The molecular formula is C24H31N5O6S. The number of rotatable bonds is 6. The monoisotopic (exact) mass is 517 g/mol. The van der Waals surface area contributed by atoms with Crippen LogP contribution in [-0.4, -0.2) is 71.3 Å². The number of carbonyl (C=O) groups excluding carboxylic acids is 4. The zero-order valence-electron chi connectivity index (χ0n) is 20.6. The maximum absolute atomic E-state index is 13.9. The van der Waals surface area contributed by atoms with Crippen LogP contribution in [0.4, 0.5) is 0 Å². The van der Waals surface area contributed by atoms with Crippen molar-refractivity contribution in [3.05, 3.63) is 41.9 Å². The topological polar surface area (TPSA) is 155 Å². The Morgan fingerprint density at radius 2 is 2.00 bits per heavy atom. The standard InChI is InChI=1S/C24H31N5O6S/c1-15(2)12-18(28-22(32)17-9-8-16(3)27-13-17)24(33)29(19-6-4-10-25-14-21(19)31)36(34,35)23-20(30)7-5-11-26-23/h5,8-9,11,13,15,18-19,25H,4,6-7,10,12,14H2,1-3H3,(H,28,32)/t18?,19-/m0/s1. The van der Waals surface area contributed by atoms with Crippen molar-refractivity contribution in [2.75, 3.05) is 13.1 Å². The Morgan fingerprint density at radius 1 is 1.25 bits per heavy atom. The van der Waals surface area contributed by atoms with E-state index in [9.17, 15) is 27.6 Å². The molecule has 11 nitrogen and oxygen atoms in total. The third-order valence-corrected chi connectivity index (χ3v) is 7.60. The first kappa shape index (κ1) is 27.3. The highest BCUT2D eigenvalue weighted by Crippen LogP contribution is 2.22. The number of aliphatic imine (C=N–C) groups is 1. The van der Waals surface area contributed by atoms with E-state index in [0.29, 0.717) is 23.0 Å². The van der Waals surface area contributed by atoms with Crippen LogP contribution in [0.5, 0.6) is 0 Å². The van der Waals surface area contributed by atoms with Gasteiger partial charge in [-0.1, -0.05) is 19.9 Å². The minimum atomic E-state index is -4.79. The van der Waals surface area contributed by atoms with E-state index in [1.807, 2.05) is 13.8 Å². The number of nitrogens with one attached hydrogen (secondary N) is 2. The number of ketones is 2. The molecule has 0 saturated carbocycles. The average molecular weight is 518 g/mol. The predicted octanol–water partition coefficient (Wildman–Crippen LogP) is 0.899. The number of sulfonamides is 1. The van der Waals surface area contributed by atoms with Crippen LogP contribution < -0.4 is 10.6 Å². The molecule has 2 amide bonds. The zero-order chi connectivity index (χ0) is 26.5. The molecule has 3 rings (SSSR count). The minimum absolute atomic E-state index is 0.0817. The van der Waals surface area contributed by atoms with Gasteiger partial charge in [0.2, 0.25) is 5.04 Å². The molecule has 194 valence electrons. The highest BCUT2D eigenvalue weighted by atomic mass is 32.2. The van der Waals surface area contributed by atoms with E-state index in [1.54, 1.807) is 19.1 Å². The molecule has 3 heterocycles. The van der Waals surface area contributed by atoms with Crippen molar-refractivity contribution in [1.82, 2.24) is 19.9 Å². The predicted molar refractivity (Wildman–Crippen MR) is 133 cm³/mol. The van der Waals surface area contributed by atoms with Crippen molar-refractivity contribution in [2.24, 2.45) is 10.9 Å². The van der Waals surface area contributed by atoms with Crippen LogP contribution >= 0.6 is 0 Å². The number of carbonyl (C=O) groups is 4. The van der Waals surface area contributed by atoms with Gasteiger partial charge in [-0.2, -0.15) is 8.42 Å². The fraction of sp³-hybridized carbons (Fsp3) is 0.500. The Kier molecular flexibility index (Phi) is 8.85. The van der Waals surface area contributed by atoms with Crippen LogP contribution in [0.3, 0.4) is 0 Å². The molecule has 36 heavy (non-hydrogen) atoms. The number of amides is 2. The zero-order valence-corrected chi connectivity index (χ0v) is 21.4. The van der Waals surface area contributed by atoms with Crippen molar-refractivity contribution in [2.45, 2.75) is 58.5 Å². The lowest BCUT2D eigenvalue weighted by Crippen LogP contribution is -2.58. The molecule has 1 aromatic heterocycles. The maximum atomic E-state index is 13.9. The summed E-state index contributed by atoms with van der Waals surface area (Å²) in [4.78, 5) is 60.1. The third-order valence-electron chi connectivity index (χ3n) is 5.83. The van der Waals surface area contributed by atoms with Gasteiger partial charge in [-0.3, -0.25) is 24.2 Å². The minimum Gasteiger partial charge on any atom is -0.340 e. The summed E-state index contributed by atoms with van der Waals surface area (Å²) in [5.74, 6) is -2.97. The number of aryl methyl sites for hydroxylation is 1. The Bertz CT molecular complexity index is 1190. The van der Waals surface area contributed by atoms with Gasteiger partial charge in [0.1, 0.15) is 12.1 Å². The number of allylic oxidation sites excluding steroid dienone is 1. The van der Waals surface area contributed by atoms with Crippen LogP contribution in [-0.2, 0) is 24.4 Å². The first-order valence-electron chi connectivity index (χ1n) is 11.8. The first-order valence-corrected chi connectivity index (χ1v) is 13.3. The highest BCUT2D eigenvalue weighted by molar-refractivity contribution is 8.06. The molecule has 12 heteroatoms. The van der Waals surface area contributed by atoms with Gasteiger partial charge in [-0.15, -0.1) is 0 Å². The average Bonchev–Trinajstić information content (AvgIpc) is 3.03. The van der Waals surface area contributed by atoms with Crippen molar-refractivity contribution in [3.8, 4) is 0 Å². The molecule has 2 N–H and O–H groups in total. The van der Waals surface area contributed by atoms with Gasteiger partial charge >= 0.3 is 0 Å². The second-order valence-corrected chi connectivity index (χ2v) is 11.0. The second kappa shape index (κ2) is 11.7. The highest BCUT2D eigenvalue weighted by Gasteiger charge is 2.46. The van der Waals surface area contributed by atoms with E-state index in [2.05, 4.69) is 20.6 Å². The number of pyridine rings is 1. The molecule has 1 saturated heterocycles. The molecule has 1 fully saturated rings. The van der Waals surface area contributed by atoms with Crippen LogP contribution in [0.2, 0.25) is 0 Å². The van der Waals surface area contributed by atoms with Gasteiger partial charge in [-0.05, 0) is 50.8 Å². The molecule has 2 aliphatic heterocycles. The summed E-state index contributed by atoms with van der Waals surface area (Å²) in [7, 11) is -4.79. The molecule has 1 unspecified atom stereocenters. The molecule has 0 aliphatic carbocycles. The van der Waals surface area contributed by atoms with E-state index < -0.39 is 50.5 Å². The van der Waals surface area contributed by atoms with Gasteiger partial charge in [0.25, 0.3) is 21.8 Å². The largest absolute Gasteiger partial charge is 0.340 e. The SMILES string of the molecule is Cc1ccc(C(=O)NC(CC(C)C)C(=O)N([C@H]2CCCNCC2=O)S(=O)(=O)C2=NC=CCC2=O)cn1. The molecule has 0 aromatic carbocycles. The lowest BCUT2D eigenvalue weighted by Gasteiger charge is -2.33. The number of nitrogens with zero attached hydrogens (tertiary/aromatic N) is 3. The number of hydrogen-bond acceptors (Lipinski definition) is 9. The van der Waals surface area contributed by atoms with Gasteiger partial charge in [0.15, 0.2) is 11.6 Å². The molecular weight excluding hydrogens is 486 g/mol. The van der Waals surface area contributed by atoms with E-state index in [1.165, 1.54) is 18.5 Å². The summed E-state index contributed by atoms with van der Waals surface area (Å²) in [6.45, 7) is 5.75. The fourth-order valence-corrected chi connectivity index (χ4v) is 5.71. The number of aromatic nitrogens is 1. The second-order valence-electron chi connectivity index (χ2n) is 9.23. The summed E-state index contributed by atoms with van der Waals surface area (Å²) in [5, 5.41) is 4.74. The normalized spacial score (nSPS) is 19.4. The van der Waals surface area contributed by atoms with Gasteiger partial charge in [0, 0.05) is 24.5 Å². The lowest BCUT2D eigenvalue weighted by molar-refractivity contribution is -0.135. The Labute approximate surface area is 210 Å². The maximum Gasteiger partial charge on any atom is 0.288 e. The van der Waals surface area contributed by atoms with Crippen LogP contribution in [0, 0.1) is 12.8 Å². The van der Waals surface area contributed by atoms with Crippen molar-refractivity contribution < 1.29 is 27.6 Å². The summed E-state index contributed by atoms with van der Waals surface area (Å²) in [6, 6.07) is 0.590. The summed E-state index contributed by atoms with van der Waals surface area (Å²) in [6.07, 6.45) is 4.39. The van der Waals surface area contributed by atoms with E-state index >= 15 is 0 Å². The van der Waals surface area contributed by atoms with Crippen molar-refractivity contribution >= 4 is 38.4 Å². The van der Waals surface area contributed by atoms with Crippen molar-refractivity contribution in [1.29, 1.82) is 0 Å². The lowest BCUT2D eigenvalue weighted by atomic mass is 10.0. The molecule has 2 atom stereocenters. The first-order chi connectivity index (χ1) is 17.0. The van der Waals surface area contributed by atoms with Gasteiger partial charge in [-0.25, -0.2) is 9.30 Å². The Balaban J connectivity index is 2.04. The molecule has 0 radical (unpaired) electrons. The van der Waals surface area contributed by atoms with Gasteiger partial charge in [0.05, 0.1) is 12.1 Å². The van der Waals surface area contributed by atoms with E-state index in [0.717, 1.165) is 0 Å². The summed E-state index contributed by atoms with van der Waals surface area (Å²) in [5.41, 5.74) is 0.898. The quantitative estimate of drug-likeness (QED) is 0.564. The van der Waals surface area contributed by atoms with E-state index in [-0.39, 0.29) is 37.3 Å². The van der Waals surface area contributed by atoms with Crippen molar-refractivity contribution in [3.63, 3.8) is 0 Å². The third kappa shape index (κ3) is 6.30. The van der Waals surface area contributed by atoms with Gasteiger partial charge < -0.3 is 10.6 Å². The molecule has 1 aromatic rings. The molecule has 2 aliphatic rings. The van der Waals surface area contributed by atoms with E-state index in [4.69, 9.17) is 0 Å². The summed E-state index contributed by atoms with van der Waals surface area (Å²) < 4.78 is 27.9. The van der Waals surface area contributed by atoms with Crippen LogP contribution in [0.1, 0.15) is 55.6 Å². The number of hydrogen-bond donors (Lipinski definition) is 2. The Morgan fingerprint density at radius 3 is 2.64 bits per heavy atom.